The number of hydrogen-bond donors (Lipinski definition) is 1. The number of rotatable bonds is 3. The summed E-state index contributed by atoms with van der Waals surface area (Å²) in [5.74, 6) is 0. The van der Waals surface area contributed by atoms with Crippen LogP contribution in [0.2, 0.25) is 0 Å². The van der Waals surface area contributed by atoms with Crippen molar-refractivity contribution in [2.75, 3.05) is 0 Å². The molecule has 0 aromatic heterocycles. The maximum Gasteiger partial charge on any atom is 0.506 e. The van der Waals surface area contributed by atoms with Crippen LogP contribution >= 0.6 is 0 Å². The predicted molar refractivity (Wildman–Crippen MR) is 29.5 cm³/mol. The van der Waals surface area contributed by atoms with Gasteiger partial charge in [0.1, 0.15) is 6.10 Å². The van der Waals surface area contributed by atoms with E-state index in [0.717, 1.165) is 6.92 Å². The molecule has 0 aliphatic carbocycles. The second-order valence-corrected chi connectivity index (χ2v) is 1.87. The van der Waals surface area contributed by atoms with Gasteiger partial charge >= 0.3 is 6.16 Å². The number of carboxylic acid groups (broad SMARTS) is 1. The Hall–Kier alpha value is -0.940. The van der Waals surface area contributed by atoms with Gasteiger partial charge in [0.2, 0.25) is 0 Å². The summed E-state index contributed by atoms with van der Waals surface area (Å²) in [4.78, 5) is 9.70. The molecule has 0 fully saturated rings. The van der Waals surface area contributed by atoms with Crippen LogP contribution in [0, 0.1) is 0 Å². The molecule has 2 unspecified atom stereocenters. The molecule has 0 bridgehead atoms. The van der Waals surface area contributed by atoms with Crippen LogP contribution in [0.15, 0.2) is 0 Å². The molecule has 3 nitrogen and oxygen atoms in total. The van der Waals surface area contributed by atoms with Crippen LogP contribution in [-0.4, -0.2) is 30.0 Å². The molecule has 0 amide bonds. The van der Waals surface area contributed by atoms with Crippen molar-refractivity contribution in [1.29, 1.82) is 0 Å². The van der Waals surface area contributed by atoms with E-state index in [9.17, 15) is 18.0 Å². The average Bonchev–Trinajstić information content (AvgIpc) is 1.84. The van der Waals surface area contributed by atoms with E-state index >= 15 is 0 Å². The molecular weight excluding hydrogens is 165 g/mol. The highest BCUT2D eigenvalue weighted by molar-refractivity contribution is 5.57. The second-order valence-electron chi connectivity index (χ2n) is 1.87. The lowest BCUT2D eigenvalue weighted by Gasteiger charge is -2.13. The first-order valence-corrected chi connectivity index (χ1v) is 2.77. The molecule has 1 N–H and O–H groups in total. The third-order valence-electron chi connectivity index (χ3n) is 0.976. The monoisotopic (exact) mass is 172 g/mol. The molecule has 0 aliphatic heterocycles. The molecule has 0 heterocycles. The van der Waals surface area contributed by atoms with Gasteiger partial charge < -0.3 is 9.84 Å². The summed E-state index contributed by atoms with van der Waals surface area (Å²) < 4.78 is 38.8. The fourth-order valence-corrected chi connectivity index (χ4v) is 0.429. The Bertz CT molecular complexity index is 139. The molecule has 11 heavy (non-hydrogen) atoms. The topological polar surface area (TPSA) is 46.5 Å². The number of hydrogen-bond acceptors (Lipinski definition) is 2. The Morgan fingerprint density at radius 2 is 1.91 bits per heavy atom. The molecule has 0 saturated heterocycles. The van der Waals surface area contributed by atoms with Gasteiger partial charge in [0.05, 0.1) is 0 Å². The Labute approximate surface area is 60.8 Å². The summed E-state index contributed by atoms with van der Waals surface area (Å²) in [6.07, 6.45) is -9.18. The molecule has 0 aliphatic rings. The van der Waals surface area contributed by atoms with Crippen molar-refractivity contribution >= 4 is 6.16 Å². The van der Waals surface area contributed by atoms with Crippen LogP contribution in [0.5, 0.6) is 0 Å². The highest BCUT2D eigenvalue weighted by atomic mass is 19.3. The van der Waals surface area contributed by atoms with Gasteiger partial charge in [-0.3, -0.25) is 0 Å². The Morgan fingerprint density at radius 1 is 1.45 bits per heavy atom. The van der Waals surface area contributed by atoms with Gasteiger partial charge in [-0.2, -0.15) is 0 Å². The molecule has 6 heteroatoms. The maximum absolute atomic E-state index is 12.1. The summed E-state index contributed by atoms with van der Waals surface area (Å²) in [7, 11) is 0. The summed E-state index contributed by atoms with van der Waals surface area (Å²) in [5, 5.41) is 7.88. The molecule has 0 aromatic rings. The molecular formula is C5H7F3O3. The zero-order valence-electron chi connectivity index (χ0n) is 5.63. The third-order valence-corrected chi connectivity index (χ3v) is 0.976. The molecule has 0 aromatic carbocycles. The zero-order chi connectivity index (χ0) is 9.02. The first-order valence-electron chi connectivity index (χ1n) is 2.77. The Balaban J connectivity index is 3.82. The van der Waals surface area contributed by atoms with Crippen molar-refractivity contribution in [3.8, 4) is 0 Å². The van der Waals surface area contributed by atoms with Crippen LogP contribution in [0.25, 0.3) is 0 Å². The molecule has 2 atom stereocenters. The normalized spacial score (nSPS) is 16.1. The summed E-state index contributed by atoms with van der Waals surface area (Å²) >= 11 is 0. The minimum absolute atomic E-state index is 0.922. The van der Waals surface area contributed by atoms with Gasteiger partial charge in [0.25, 0.3) is 6.43 Å². The summed E-state index contributed by atoms with van der Waals surface area (Å²) in [6, 6.07) is 0. The van der Waals surface area contributed by atoms with Crippen LogP contribution in [-0.2, 0) is 4.74 Å². The average molecular weight is 172 g/mol. The van der Waals surface area contributed by atoms with Crippen LogP contribution in [0.3, 0.4) is 0 Å². The lowest BCUT2D eigenvalue weighted by molar-refractivity contribution is -0.0407. The lowest BCUT2D eigenvalue weighted by Crippen LogP contribution is -2.30. The van der Waals surface area contributed by atoms with E-state index in [1.54, 1.807) is 0 Å². The van der Waals surface area contributed by atoms with E-state index in [1.165, 1.54) is 0 Å². The molecule has 0 spiro atoms. The van der Waals surface area contributed by atoms with Crippen LogP contribution in [0.4, 0.5) is 18.0 Å². The van der Waals surface area contributed by atoms with Gasteiger partial charge in [-0.15, -0.1) is 0 Å². The van der Waals surface area contributed by atoms with Gasteiger partial charge in [-0.05, 0) is 6.92 Å². The molecule has 66 valence electrons. The van der Waals surface area contributed by atoms with Gasteiger partial charge in [0.15, 0.2) is 6.17 Å². The first-order chi connectivity index (χ1) is 4.95. The number of halogens is 3. The van der Waals surface area contributed by atoms with Crippen molar-refractivity contribution < 1.29 is 27.8 Å². The van der Waals surface area contributed by atoms with E-state index in [-0.39, 0.29) is 0 Å². The smallest absolute Gasteiger partial charge is 0.450 e. The largest absolute Gasteiger partial charge is 0.506 e. The minimum atomic E-state index is -3.22. The molecule has 0 rings (SSSR count). The van der Waals surface area contributed by atoms with Gasteiger partial charge in [-0.25, -0.2) is 18.0 Å². The van der Waals surface area contributed by atoms with E-state index in [0.29, 0.717) is 0 Å². The predicted octanol–water partition coefficient (Wildman–Crippen LogP) is 1.67. The Kier molecular flexibility index (Phi) is 3.70. The highest BCUT2D eigenvalue weighted by Gasteiger charge is 2.28. The fraction of sp³-hybridized carbons (Fsp3) is 0.800. The van der Waals surface area contributed by atoms with E-state index in [4.69, 9.17) is 5.11 Å². The Morgan fingerprint density at radius 3 is 2.18 bits per heavy atom. The first kappa shape index (κ1) is 10.1. The van der Waals surface area contributed by atoms with Gasteiger partial charge in [0, 0.05) is 0 Å². The standard InChI is InChI=1S/C5H7F3O3/c1-2(11-5(9)10)3(6)4(7)8/h2-4H,1H3,(H,9,10). The highest BCUT2D eigenvalue weighted by Crippen LogP contribution is 2.12. The van der Waals surface area contributed by atoms with Crippen molar-refractivity contribution in [2.24, 2.45) is 0 Å². The van der Waals surface area contributed by atoms with Crippen molar-refractivity contribution in [3.63, 3.8) is 0 Å². The maximum atomic E-state index is 12.1. The van der Waals surface area contributed by atoms with E-state index < -0.39 is 24.9 Å². The van der Waals surface area contributed by atoms with Crippen molar-refractivity contribution in [3.05, 3.63) is 0 Å². The van der Waals surface area contributed by atoms with Gasteiger partial charge in [-0.1, -0.05) is 0 Å². The number of alkyl halides is 3. The third kappa shape index (κ3) is 3.69. The van der Waals surface area contributed by atoms with Crippen LogP contribution in [0.1, 0.15) is 6.92 Å². The second kappa shape index (κ2) is 4.05. The number of ether oxygens (including phenoxy) is 1. The quantitative estimate of drug-likeness (QED) is 0.658. The summed E-state index contributed by atoms with van der Waals surface area (Å²) in [5.41, 5.74) is 0. The molecule has 0 radical (unpaired) electrons. The lowest BCUT2D eigenvalue weighted by atomic mass is 10.2. The summed E-state index contributed by atoms with van der Waals surface area (Å²) in [6.45, 7) is 0.922. The number of carbonyl (C=O) groups is 1. The van der Waals surface area contributed by atoms with Crippen molar-refractivity contribution in [1.82, 2.24) is 0 Å². The minimum Gasteiger partial charge on any atom is -0.450 e. The van der Waals surface area contributed by atoms with Crippen LogP contribution < -0.4 is 0 Å². The molecule has 0 saturated carbocycles. The van der Waals surface area contributed by atoms with E-state index in [2.05, 4.69) is 4.74 Å². The SMILES string of the molecule is CC(OC(=O)O)C(F)C(F)F. The van der Waals surface area contributed by atoms with E-state index in [1.807, 2.05) is 0 Å². The zero-order valence-corrected chi connectivity index (χ0v) is 5.63. The fourth-order valence-electron chi connectivity index (χ4n) is 0.429. The van der Waals surface area contributed by atoms with Crippen molar-refractivity contribution in [2.45, 2.75) is 25.6 Å².